The van der Waals surface area contributed by atoms with Crippen LogP contribution in [-0.4, -0.2) is 30.9 Å². The fourth-order valence-corrected chi connectivity index (χ4v) is 2.67. The van der Waals surface area contributed by atoms with Crippen molar-refractivity contribution in [2.24, 2.45) is 0 Å². The number of benzene rings is 1. The molecule has 1 aliphatic rings. The lowest BCUT2D eigenvalue weighted by atomic mass is 9.93. The van der Waals surface area contributed by atoms with Crippen LogP contribution in [0.4, 0.5) is 0 Å². The minimum absolute atomic E-state index is 0.0658. The molecule has 21 heavy (non-hydrogen) atoms. The maximum atomic E-state index is 12.7. The van der Waals surface area contributed by atoms with Gasteiger partial charge in [0.05, 0.1) is 33.0 Å². The molecular formula is C15H18N2O4. The summed E-state index contributed by atoms with van der Waals surface area (Å²) in [5.74, 6) is 1.33. The SMILES string of the molecule is COc1cc2c(=O)n(C3CCC3)cnc2c(OC)c1OC. The first-order chi connectivity index (χ1) is 10.2. The van der Waals surface area contributed by atoms with Crippen LogP contribution in [0.1, 0.15) is 25.3 Å². The Hall–Kier alpha value is -2.24. The summed E-state index contributed by atoms with van der Waals surface area (Å²) >= 11 is 0. The van der Waals surface area contributed by atoms with Crippen LogP contribution >= 0.6 is 0 Å². The normalized spacial score (nSPS) is 14.8. The average molecular weight is 290 g/mol. The topological polar surface area (TPSA) is 62.6 Å². The van der Waals surface area contributed by atoms with Crippen LogP contribution < -0.4 is 19.8 Å². The van der Waals surface area contributed by atoms with Crippen LogP contribution in [0, 0.1) is 0 Å². The summed E-state index contributed by atoms with van der Waals surface area (Å²) in [5.41, 5.74) is 0.430. The van der Waals surface area contributed by atoms with E-state index in [9.17, 15) is 4.79 Å². The summed E-state index contributed by atoms with van der Waals surface area (Å²) in [7, 11) is 4.58. The molecule has 0 amide bonds. The largest absolute Gasteiger partial charge is 0.493 e. The summed E-state index contributed by atoms with van der Waals surface area (Å²) in [4.78, 5) is 17.1. The zero-order valence-electron chi connectivity index (χ0n) is 12.4. The zero-order chi connectivity index (χ0) is 15.0. The van der Waals surface area contributed by atoms with E-state index in [2.05, 4.69) is 4.98 Å². The molecule has 0 aliphatic heterocycles. The predicted octanol–water partition coefficient (Wildman–Crippen LogP) is 2.15. The van der Waals surface area contributed by atoms with E-state index >= 15 is 0 Å². The van der Waals surface area contributed by atoms with E-state index in [-0.39, 0.29) is 11.6 Å². The highest BCUT2D eigenvalue weighted by molar-refractivity contribution is 5.89. The molecule has 0 atom stereocenters. The molecule has 0 saturated heterocycles. The second kappa shape index (κ2) is 5.27. The van der Waals surface area contributed by atoms with E-state index in [1.165, 1.54) is 21.3 Å². The maximum absolute atomic E-state index is 12.7. The average Bonchev–Trinajstić information content (AvgIpc) is 2.46. The fourth-order valence-electron chi connectivity index (χ4n) is 2.67. The second-order valence-corrected chi connectivity index (χ2v) is 5.08. The van der Waals surface area contributed by atoms with E-state index in [4.69, 9.17) is 14.2 Å². The fraction of sp³-hybridized carbons (Fsp3) is 0.467. The van der Waals surface area contributed by atoms with Gasteiger partial charge in [0.15, 0.2) is 11.5 Å². The van der Waals surface area contributed by atoms with E-state index in [1.54, 1.807) is 17.0 Å². The molecular weight excluding hydrogens is 272 g/mol. The lowest BCUT2D eigenvalue weighted by Crippen LogP contribution is -2.29. The van der Waals surface area contributed by atoms with Crippen molar-refractivity contribution in [3.63, 3.8) is 0 Å². The summed E-state index contributed by atoms with van der Waals surface area (Å²) in [5, 5.41) is 0.485. The first-order valence-corrected chi connectivity index (χ1v) is 6.91. The van der Waals surface area contributed by atoms with Crippen LogP contribution in [0.3, 0.4) is 0 Å². The van der Waals surface area contributed by atoms with Gasteiger partial charge in [0, 0.05) is 6.04 Å². The molecule has 6 heteroatoms. The highest BCUT2D eigenvalue weighted by Gasteiger charge is 2.24. The van der Waals surface area contributed by atoms with E-state index in [0.29, 0.717) is 28.2 Å². The lowest BCUT2D eigenvalue weighted by Gasteiger charge is -2.27. The molecule has 1 heterocycles. The molecule has 1 aromatic heterocycles. The van der Waals surface area contributed by atoms with Crippen molar-refractivity contribution in [3.8, 4) is 17.2 Å². The van der Waals surface area contributed by atoms with Gasteiger partial charge in [-0.05, 0) is 25.3 Å². The maximum Gasteiger partial charge on any atom is 0.261 e. The summed E-state index contributed by atoms with van der Waals surface area (Å²) in [6.45, 7) is 0. The Morgan fingerprint density at radius 2 is 1.86 bits per heavy atom. The van der Waals surface area contributed by atoms with Gasteiger partial charge in [-0.3, -0.25) is 9.36 Å². The molecule has 0 unspecified atom stereocenters. The number of hydrogen-bond donors (Lipinski definition) is 0. The van der Waals surface area contributed by atoms with Gasteiger partial charge < -0.3 is 14.2 Å². The standard InChI is InChI=1S/C15H18N2O4/c1-19-11-7-10-12(14(21-3)13(11)20-2)16-8-17(15(10)18)9-5-4-6-9/h7-9H,4-6H2,1-3H3. The number of nitrogens with zero attached hydrogens (tertiary/aromatic N) is 2. The zero-order valence-corrected chi connectivity index (χ0v) is 12.4. The molecule has 1 saturated carbocycles. The number of methoxy groups -OCH3 is 3. The smallest absolute Gasteiger partial charge is 0.261 e. The van der Waals surface area contributed by atoms with E-state index < -0.39 is 0 Å². The van der Waals surface area contributed by atoms with Gasteiger partial charge in [-0.1, -0.05) is 0 Å². The van der Waals surface area contributed by atoms with Gasteiger partial charge >= 0.3 is 0 Å². The van der Waals surface area contributed by atoms with Gasteiger partial charge in [-0.2, -0.15) is 0 Å². The van der Waals surface area contributed by atoms with Crippen LogP contribution in [0.15, 0.2) is 17.2 Å². The summed E-state index contributed by atoms with van der Waals surface area (Å²) < 4.78 is 17.7. The molecule has 0 spiro atoms. The first kappa shape index (κ1) is 13.7. The van der Waals surface area contributed by atoms with Crippen molar-refractivity contribution in [2.45, 2.75) is 25.3 Å². The molecule has 3 rings (SSSR count). The van der Waals surface area contributed by atoms with Gasteiger partial charge in [0.1, 0.15) is 5.52 Å². The van der Waals surface area contributed by atoms with E-state index in [1.807, 2.05) is 0 Å². The van der Waals surface area contributed by atoms with Crippen LogP contribution in [0.2, 0.25) is 0 Å². The monoisotopic (exact) mass is 290 g/mol. The Labute approximate surface area is 122 Å². The van der Waals surface area contributed by atoms with Gasteiger partial charge in [-0.25, -0.2) is 4.98 Å². The Morgan fingerprint density at radius 3 is 2.38 bits per heavy atom. The molecule has 1 aromatic carbocycles. The minimum atomic E-state index is -0.0658. The molecule has 112 valence electrons. The number of aromatic nitrogens is 2. The number of ether oxygens (including phenoxy) is 3. The van der Waals surface area contributed by atoms with Crippen molar-refractivity contribution in [1.29, 1.82) is 0 Å². The summed E-state index contributed by atoms with van der Waals surface area (Å²) in [6, 6.07) is 1.93. The van der Waals surface area contributed by atoms with Crippen LogP contribution in [0.5, 0.6) is 17.2 Å². The highest BCUT2D eigenvalue weighted by Crippen LogP contribution is 2.41. The Morgan fingerprint density at radius 1 is 1.14 bits per heavy atom. The Bertz CT molecular complexity index is 735. The first-order valence-electron chi connectivity index (χ1n) is 6.91. The molecule has 6 nitrogen and oxygen atoms in total. The Balaban J connectivity index is 2.31. The van der Waals surface area contributed by atoms with Gasteiger partial charge in [-0.15, -0.1) is 0 Å². The third-order valence-corrected chi connectivity index (χ3v) is 4.05. The van der Waals surface area contributed by atoms with Gasteiger partial charge in [0.2, 0.25) is 5.75 Å². The molecule has 0 radical (unpaired) electrons. The summed E-state index contributed by atoms with van der Waals surface area (Å²) in [6.07, 6.45) is 4.81. The Kier molecular flexibility index (Phi) is 3.45. The molecule has 2 aromatic rings. The van der Waals surface area contributed by atoms with Crippen molar-refractivity contribution >= 4 is 10.9 Å². The highest BCUT2D eigenvalue weighted by atomic mass is 16.5. The predicted molar refractivity (Wildman–Crippen MR) is 78.5 cm³/mol. The van der Waals surface area contributed by atoms with E-state index in [0.717, 1.165) is 19.3 Å². The van der Waals surface area contributed by atoms with Crippen molar-refractivity contribution in [2.75, 3.05) is 21.3 Å². The molecule has 0 N–H and O–H groups in total. The van der Waals surface area contributed by atoms with Gasteiger partial charge in [0.25, 0.3) is 5.56 Å². The van der Waals surface area contributed by atoms with Crippen LogP contribution in [-0.2, 0) is 0 Å². The number of hydrogen-bond acceptors (Lipinski definition) is 5. The number of fused-ring (bicyclic) bond motifs is 1. The quantitative estimate of drug-likeness (QED) is 0.863. The minimum Gasteiger partial charge on any atom is -0.493 e. The van der Waals surface area contributed by atoms with Crippen molar-refractivity contribution in [1.82, 2.24) is 9.55 Å². The third kappa shape index (κ3) is 2.02. The van der Waals surface area contributed by atoms with Crippen molar-refractivity contribution in [3.05, 3.63) is 22.7 Å². The number of rotatable bonds is 4. The molecule has 0 bridgehead atoms. The lowest BCUT2D eigenvalue weighted by molar-refractivity contribution is 0.304. The van der Waals surface area contributed by atoms with Crippen molar-refractivity contribution < 1.29 is 14.2 Å². The second-order valence-electron chi connectivity index (χ2n) is 5.08. The molecule has 1 aliphatic carbocycles. The van der Waals surface area contributed by atoms with Crippen LogP contribution in [0.25, 0.3) is 10.9 Å². The third-order valence-electron chi connectivity index (χ3n) is 4.05. The molecule has 1 fully saturated rings.